The lowest BCUT2D eigenvalue weighted by Crippen LogP contribution is -2.46. The van der Waals surface area contributed by atoms with E-state index in [4.69, 9.17) is 18.0 Å². The smallest absolute Gasteiger partial charge is 0.491 e. The van der Waals surface area contributed by atoms with Crippen LogP contribution in [0.5, 0.6) is 5.75 Å². The van der Waals surface area contributed by atoms with Gasteiger partial charge in [0, 0.05) is 44.5 Å². The van der Waals surface area contributed by atoms with E-state index < -0.39 is 8.80 Å². The number of rotatable bonds is 12. The number of ether oxygens (including phenoxy) is 1. The molecule has 0 aromatic heterocycles. The first-order valence-electron chi connectivity index (χ1n) is 10.0. The van der Waals surface area contributed by atoms with Gasteiger partial charge in [0.1, 0.15) is 5.75 Å². The molecular formula is C20H33NO5Si. The van der Waals surface area contributed by atoms with Crippen LogP contribution in [0.25, 0.3) is 0 Å². The third-order valence-corrected chi connectivity index (χ3v) is 7.60. The maximum atomic E-state index is 11.8. The van der Waals surface area contributed by atoms with E-state index in [2.05, 4.69) is 0 Å². The minimum atomic E-state index is -2.63. The fourth-order valence-corrected chi connectivity index (χ4v) is 6.06. The van der Waals surface area contributed by atoms with Crippen LogP contribution in [-0.2, 0) is 18.1 Å². The highest BCUT2D eigenvalue weighted by molar-refractivity contribution is 6.60. The maximum Gasteiger partial charge on any atom is 0.501 e. The lowest BCUT2D eigenvalue weighted by molar-refractivity contribution is -0.117. The molecule has 1 fully saturated rings. The van der Waals surface area contributed by atoms with Crippen molar-refractivity contribution >= 4 is 20.4 Å². The second-order valence-electron chi connectivity index (χ2n) is 6.59. The van der Waals surface area contributed by atoms with Crippen LogP contribution in [0, 0.1) is 0 Å². The number of amides is 1. The lowest BCUT2D eigenvalue weighted by atomic mass is 10.2. The molecule has 2 rings (SSSR count). The maximum absolute atomic E-state index is 11.8. The Morgan fingerprint density at radius 3 is 2.11 bits per heavy atom. The quantitative estimate of drug-likeness (QED) is 0.500. The molecule has 0 bridgehead atoms. The van der Waals surface area contributed by atoms with E-state index in [1.807, 2.05) is 56.9 Å². The summed E-state index contributed by atoms with van der Waals surface area (Å²) in [4.78, 5) is 13.7. The van der Waals surface area contributed by atoms with E-state index in [0.29, 0.717) is 26.2 Å². The monoisotopic (exact) mass is 395 g/mol. The van der Waals surface area contributed by atoms with Gasteiger partial charge in [0.25, 0.3) is 0 Å². The average Bonchev–Trinajstić information content (AvgIpc) is 3.07. The Balaban J connectivity index is 1.90. The second kappa shape index (κ2) is 10.8. The highest BCUT2D eigenvalue weighted by Crippen LogP contribution is 2.26. The van der Waals surface area contributed by atoms with E-state index in [-0.39, 0.29) is 12.0 Å². The molecule has 6 nitrogen and oxygen atoms in total. The first-order valence-corrected chi connectivity index (χ1v) is 12.0. The minimum absolute atomic E-state index is 0.0116. The highest BCUT2D eigenvalue weighted by Gasteiger charge is 2.40. The van der Waals surface area contributed by atoms with E-state index in [9.17, 15) is 4.79 Å². The summed E-state index contributed by atoms with van der Waals surface area (Å²) in [6.07, 6.45) is 2.37. The van der Waals surface area contributed by atoms with Gasteiger partial charge in [0.05, 0.1) is 6.10 Å². The molecule has 0 spiro atoms. The van der Waals surface area contributed by atoms with E-state index in [0.717, 1.165) is 36.9 Å². The molecule has 1 aliphatic rings. The Morgan fingerprint density at radius 2 is 1.63 bits per heavy atom. The molecule has 1 saturated heterocycles. The number of anilines is 1. The van der Waals surface area contributed by atoms with Gasteiger partial charge in [-0.3, -0.25) is 4.79 Å². The summed E-state index contributed by atoms with van der Waals surface area (Å²) in [7, 11) is -2.63. The molecule has 1 aromatic rings. The predicted molar refractivity (Wildman–Crippen MR) is 108 cm³/mol. The second-order valence-corrected chi connectivity index (χ2v) is 9.32. The average molecular weight is 396 g/mol. The van der Waals surface area contributed by atoms with E-state index >= 15 is 0 Å². The number of hydrogen-bond acceptors (Lipinski definition) is 5. The van der Waals surface area contributed by atoms with E-state index in [1.54, 1.807) is 0 Å². The lowest BCUT2D eigenvalue weighted by Gasteiger charge is -2.29. The van der Waals surface area contributed by atoms with Crippen LogP contribution < -0.4 is 9.64 Å². The fraction of sp³-hybridized carbons (Fsp3) is 0.650. The molecule has 0 saturated carbocycles. The van der Waals surface area contributed by atoms with Crippen LogP contribution in [0.1, 0.15) is 47.0 Å². The van der Waals surface area contributed by atoms with Crippen molar-refractivity contribution < 1.29 is 22.8 Å². The van der Waals surface area contributed by atoms with Crippen molar-refractivity contribution in [1.29, 1.82) is 0 Å². The van der Waals surface area contributed by atoms with Crippen molar-refractivity contribution in [2.24, 2.45) is 0 Å². The van der Waals surface area contributed by atoms with Crippen LogP contribution >= 0.6 is 0 Å². The van der Waals surface area contributed by atoms with Gasteiger partial charge in [0.15, 0.2) is 0 Å². The third kappa shape index (κ3) is 6.31. The van der Waals surface area contributed by atoms with Crippen LogP contribution in [0.4, 0.5) is 5.69 Å². The zero-order valence-electron chi connectivity index (χ0n) is 17.0. The summed E-state index contributed by atoms with van der Waals surface area (Å²) in [5.41, 5.74) is 0.938. The molecule has 1 aromatic carbocycles. The summed E-state index contributed by atoms with van der Waals surface area (Å²) in [6.45, 7) is 10.5. The summed E-state index contributed by atoms with van der Waals surface area (Å²) in [5.74, 6) is 0.996. The zero-order chi connectivity index (χ0) is 19.7. The molecule has 1 unspecified atom stereocenters. The number of hydrogen-bond donors (Lipinski definition) is 0. The van der Waals surface area contributed by atoms with Crippen molar-refractivity contribution in [1.82, 2.24) is 0 Å². The Bertz CT molecular complexity index is 563. The first-order chi connectivity index (χ1) is 13.0. The van der Waals surface area contributed by atoms with Gasteiger partial charge >= 0.3 is 8.80 Å². The molecule has 1 heterocycles. The number of nitrogens with zero attached hydrogens (tertiary/aromatic N) is 1. The van der Waals surface area contributed by atoms with Gasteiger partial charge in [-0.15, -0.1) is 0 Å². The molecule has 1 atom stereocenters. The van der Waals surface area contributed by atoms with Crippen molar-refractivity contribution in [2.45, 2.75) is 59.1 Å². The third-order valence-electron chi connectivity index (χ3n) is 4.51. The summed E-state index contributed by atoms with van der Waals surface area (Å²) >= 11 is 0. The van der Waals surface area contributed by atoms with E-state index in [1.165, 1.54) is 0 Å². The van der Waals surface area contributed by atoms with Gasteiger partial charge in [0.2, 0.25) is 5.91 Å². The normalized spacial score (nSPS) is 16.0. The van der Waals surface area contributed by atoms with Gasteiger partial charge in [-0.25, -0.2) is 0 Å². The molecule has 1 aliphatic heterocycles. The minimum Gasteiger partial charge on any atom is -0.491 e. The SMILES string of the molecule is CCO[Si](CCC(C)Oc1ccc(N2CCCC2=O)cc1)(OCC)OCC. The molecule has 7 heteroatoms. The molecule has 0 aliphatic carbocycles. The molecule has 0 N–H and O–H groups in total. The van der Waals surface area contributed by atoms with Crippen LogP contribution in [0.15, 0.2) is 24.3 Å². The highest BCUT2D eigenvalue weighted by atomic mass is 28.4. The Morgan fingerprint density at radius 1 is 1.04 bits per heavy atom. The summed E-state index contributed by atoms with van der Waals surface area (Å²) in [6, 6.07) is 8.48. The van der Waals surface area contributed by atoms with Crippen molar-refractivity contribution in [3.8, 4) is 5.75 Å². The standard InChI is InChI=1S/C20H33NO5Si/c1-5-23-27(24-6-2,25-7-3)16-14-17(4)26-19-12-10-18(11-13-19)21-15-8-9-20(21)22/h10-13,17H,5-9,14-16H2,1-4H3. The van der Waals surface area contributed by atoms with Gasteiger partial charge in [-0.05, 0) is 64.8 Å². The van der Waals surface area contributed by atoms with Gasteiger partial charge in [-0.2, -0.15) is 0 Å². The fourth-order valence-electron chi connectivity index (χ4n) is 3.30. The molecular weight excluding hydrogens is 362 g/mol. The largest absolute Gasteiger partial charge is 0.501 e. The molecule has 1 amide bonds. The van der Waals surface area contributed by atoms with Crippen molar-refractivity contribution in [3.05, 3.63) is 24.3 Å². The van der Waals surface area contributed by atoms with Gasteiger partial charge in [-0.1, -0.05) is 0 Å². The Hall–Kier alpha value is -1.41. The predicted octanol–water partition coefficient (Wildman–Crippen LogP) is 4.02. The molecule has 27 heavy (non-hydrogen) atoms. The van der Waals surface area contributed by atoms with Crippen LogP contribution in [-0.4, -0.2) is 47.2 Å². The van der Waals surface area contributed by atoms with Crippen LogP contribution in [0.3, 0.4) is 0 Å². The Kier molecular flexibility index (Phi) is 8.75. The molecule has 0 radical (unpaired) electrons. The first kappa shape index (κ1) is 21.9. The zero-order valence-corrected chi connectivity index (χ0v) is 18.0. The number of carbonyl (C=O) groups excluding carboxylic acids is 1. The van der Waals surface area contributed by atoms with Crippen LogP contribution in [0.2, 0.25) is 6.04 Å². The van der Waals surface area contributed by atoms with Gasteiger partial charge < -0.3 is 22.9 Å². The number of carbonyl (C=O) groups is 1. The summed E-state index contributed by atoms with van der Waals surface area (Å²) in [5, 5.41) is 0. The Labute approximate surface area is 164 Å². The van der Waals surface area contributed by atoms with Crippen molar-refractivity contribution in [3.63, 3.8) is 0 Å². The molecule has 152 valence electrons. The topological polar surface area (TPSA) is 57.2 Å². The summed E-state index contributed by atoms with van der Waals surface area (Å²) < 4.78 is 23.7. The van der Waals surface area contributed by atoms with Crippen molar-refractivity contribution in [2.75, 3.05) is 31.3 Å². The number of benzene rings is 1.